The van der Waals surface area contributed by atoms with E-state index in [0.29, 0.717) is 0 Å². The molecule has 0 spiro atoms. The van der Waals surface area contributed by atoms with E-state index < -0.39 is 41.4 Å². The fourth-order valence-electron chi connectivity index (χ4n) is 3.41. The summed E-state index contributed by atoms with van der Waals surface area (Å²) >= 11 is 0. The summed E-state index contributed by atoms with van der Waals surface area (Å²) in [6.45, 7) is 3.93. The largest absolute Gasteiger partial charge is 0.491 e. The van der Waals surface area contributed by atoms with Gasteiger partial charge in [0.2, 0.25) is 5.91 Å². The quantitative estimate of drug-likeness (QED) is 0.596. The molecule has 1 aliphatic rings. The molecule has 4 unspecified atom stereocenters. The molecule has 0 aliphatic carbocycles. The molecule has 0 saturated carbocycles. The molecule has 152 valence electrons. The average Bonchev–Trinajstić information content (AvgIpc) is 2.85. The molecule has 1 saturated heterocycles. The predicted octanol–water partition coefficient (Wildman–Crippen LogP) is 3.08. The van der Waals surface area contributed by atoms with E-state index in [-0.39, 0.29) is 30.1 Å². The van der Waals surface area contributed by atoms with Crippen molar-refractivity contribution in [1.29, 1.82) is 0 Å². The summed E-state index contributed by atoms with van der Waals surface area (Å²) < 4.78 is 70.5. The van der Waals surface area contributed by atoms with Crippen LogP contribution in [0.25, 0.3) is 0 Å². The minimum absolute atomic E-state index is 0.0630. The molecule has 1 aromatic rings. The number of methoxy groups -OCH3 is 1. The van der Waals surface area contributed by atoms with Crippen molar-refractivity contribution in [2.45, 2.75) is 44.6 Å². The van der Waals surface area contributed by atoms with Gasteiger partial charge in [0.25, 0.3) is 0 Å². The van der Waals surface area contributed by atoms with Gasteiger partial charge < -0.3 is 19.9 Å². The van der Waals surface area contributed by atoms with Crippen LogP contribution in [-0.4, -0.2) is 44.1 Å². The molecule has 1 heterocycles. The predicted molar refractivity (Wildman–Crippen MR) is 88.9 cm³/mol. The molecule has 1 amide bonds. The zero-order valence-corrected chi connectivity index (χ0v) is 15.5. The smallest absolute Gasteiger partial charge is 0.417 e. The number of amides is 1. The molecular weight excluding hydrogens is 370 g/mol. The Kier molecular flexibility index (Phi) is 6.06. The zero-order valence-electron chi connectivity index (χ0n) is 15.5. The Morgan fingerprint density at radius 1 is 1.33 bits per heavy atom. The first kappa shape index (κ1) is 21.4. The standard InChI is InChI=1S/C18H23F4NO4/c1-9-12(19)6-5-11(14(9)26-8-7-25-4)13-10(2)17(3,18(20,21)22)27-15(13)16(23)24/h5-6,10,13,15H,7-8H2,1-4H3,(H2,23,24). The normalized spacial score (nSPS) is 28.4. The summed E-state index contributed by atoms with van der Waals surface area (Å²) in [6.07, 6.45) is -6.25. The molecule has 1 fully saturated rings. The van der Waals surface area contributed by atoms with E-state index in [0.717, 1.165) is 13.0 Å². The number of halogens is 4. The Morgan fingerprint density at radius 2 is 1.96 bits per heavy atom. The van der Waals surface area contributed by atoms with Crippen molar-refractivity contribution in [2.24, 2.45) is 11.7 Å². The first-order valence-corrected chi connectivity index (χ1v) is 8.40. The number of benzene rings is 1. The Balaban J connectivity index is 2.57. The Bertz CT molecular complexity index is 709. The summed E-state index contributed by atoms with van der Waals surface area (Å²) in [5, 5.41) is 0. The van der Waals surface area contributed by atoms with Gasteiger partial charge in [0.15, 0.2) is 5.60 Å². The minimum atomic E-state index is -4.72. The second-order valence-electron chi connectivity index (χ2n) is 6.79. The van der Waals surface area contributed by atoms with Crippen molar-refractivity contribution in [2.75, 3.05) is 20.3 Å². The third kappa shape index (κ3) is 3.75. The second-order valence-corrected chi connectivity index (χ2v) is 6.79. The minimum Gasteiger partial charge on any atom is -0.491 e. The van der Waals surface area contributed by atoms with Crippen LogP contribution < -0.4 is 10.5 Å². The van der Waals surface area contributed by atoms with Gasteiger partial charge in [0.05, 0.1) is 6.61 Å². The maximum atomic E-state index is 14.0. The summed E-state index contributed by atoms with van der Waals surface area (Å²) in [7, 11) is 1.45. The van der Waals surface area contributed by atoms with Gasteiger partial charge in [-0.3, -0.25) is 4.79 Å². The van der Waals surface area contributed by atoms with Crippen LogP contribution in [0.3, 0.4) is 0 Å². The van der Waals surface area contributed by atoms with Gasteiger partial charge in [-0.1, -0.05) is 13.0 Å². The molecule has 0 aromatic heterocycles. The zero-order chi connectivity index (χ0) is 20.6. The lowest BCUT2D eigenvalue weighted by atomic mass is 9.76. The lowest BCUT2D eigenvalue weighted by molar-refractivity contribution is -0.272. The van der Waals surface area contributed by atoms with E-state index in [1.165, 1.54) is 27.0 Å². The van der Waals surface area contributed by atoms with Crippen LogP contribution in [0, 0.1) is 18.7 Å². The maximum absolute atomic E-state index is 14.0. The highest BCUT2D eigenvalue weighted by atomic mass is 19.4. The van der Waals surface area contributed by atoms with Crippen LogP contribution in [0.4, 0.5) is 17.6 Å². The van der Waals surface area contributed by atoms with Gasteiger partial charge in [-0.05, 0) is 19.9 Å². The molecule has 27 heavy (non-hydrogen) atoms. The lowest BCUT2D eigenvalue weighted by Crippen LogP contribution is -2.47. The molecule has 1 aliphatic heterocycles. The van der Waals surface area contributed by atoms with Gasteiger partial charge in [-0.15, -0.1) is 0 Å². The number of carbonyl (C=O) groups excluding carboxylic acids is 1. The van der Waals surface area contributed by atoms with Gasteiger partial charge in [0, 0.05) is 30.1 Å². The van der Waals surface area contributed by atoms with Crippen molar-refractivity contribution < 1.29 is 36.6 Å². The SMILES string of the molecule is COCCOc1c(C2C(C(N)=O)OC(C)(C(F)(F)F)C2C)ccc(F)c1C. The van der Waals surface area contributed by atoms with E-state index in [4.69, 9.17) is 19.9 Å². The van der Waals surface area contributed by atoms with Crippen LogP contribution in [0.1, 0.15) is 30.9 Å². The van der Waals surface area contributed by atoms with Crippen LogP contribution in [0.2, 0.25) is 0 Å². The lowest BCUT2D eigenvalue weighted by Gasteiger charge is -2.32. The van der Waals surface area contributed by atoms with E-state index >= 15 is 0 Å². The number of ether oxygens (including phenoxy) is 3. The van der Waals surface area contributed by atoms with Crippen molar-refractivity contribution in [3.05, 3.63) is 29.1 Å². The highest BCUT2D eigenvalue weighted by molar-refractivity contribution is 5.81. The van der Waals surface area contributed by atoms with Gasteiger partial charge in [0.1, 0.15) is 24.3 Å². The summed E-state index contributed by atoms with van der Waals surface area (Å²) in [5.74, 6) is -3.74. The van der Waals surface area contributed by atoms with E-state index in [9.17, 15) is 22.4 Å². The summed E-state index contributed by atoms with van der Waals surface area (Å²) in [4.78, 5) is 11.9. The van der Waals surface area contributed by atoms with Crippen molar-refractivity contribution >= 4 is 5.91 Å². The van der Waals surface area contributed by atoms with E-state index in [1.807, 2.05) is 0 Å². The fraction of sp³-hybridized carbons (Fsp3) is 0.611. The Labute approximate surface area is 154 Å². The van der Waals surface area contributed by atoms with Crippen LogP contribution >= 0.6 is 0 Å². The first-order valence-electron chi connectivity index (χ1n) is 8.40. The van der Waals surface area contributed by atoms with Crippen LogP contribution in [-0.2, 0) is 14.3 Å². The number of rotatable bonds is 6. The van der Waals surface area contributed by atoms with Gasteiger partial charge in [-0.2, -0.15) is 13.2 Å². The average molecular weight is 393 g/mol. The first-order chi connectivity index (χ1) is 12.5. The Hall–Kier alpha value is -1.87. The topological polar surface area (TPSA) is 70.8 Å². The molecule has 1 aromatic carbocycles. The third-order valence-electron chi connectivity index (χ3n) is 5.21. The van der Waals surface area contributed by atoms with E-state index in [1.54, 1.807) is 0 Å². The van der Waals surface area contributed by atoms with E-state index in [2.05, 4.69) is 0 Å². The monoisotopic (exact) mass is 393 g/mol. The summed E-state index contributed by atoms with van der Waals surface area (Å²) in [5.41, 5.74) is 3.12. The van der Waals surface area contributed by atoms with Crippen molar-refractivity contribution in [3.8, 4) is 5.75 Å². The molecule has 0 radical (unpaired) electrons. The molecule has 2 rings (SSSR count). The third-order valence-corrected chi connectivity index (χ3v) is 5.21. The number of primary amides is 1. The number of hydrogen-bond acceptors (Lipinski definition) is 4. The highest BCUT2D eigenvalue weighted by Gasteiger charge is 2.65. The molecule has 5 nitrogen and oxygen atoms in total. The van der Waals surface area contributed by atoms with Gasteiger partial charge in [-0.25, -0.2) is 4.39 Å². The number of alkyl halides is 3. The molecule has 4 atom stereocenters. The fourth-order valence-corrected chi connectivity index (χ4v) is 3.41. The molecule has 9 heteroatoms. The molecular formula is C18H23F4NO4. The highest BCUT2D eigenvalue weighted by Crippen LogP contribution is 2.54. The number of hydrogen-bond donors (Lipinski definition) is 1. The Morgan fingerprint density at radius 3 is 2.48 bits per heavy atom. The molecule has 0 bridgehead atoms. The number of carbonyl (C=O) groups is 1. The van der Waals surface area contributed by atoms with Crippen LogP contribution in [0.5, 0.6) is 5.75 Å². The van der Waals surface area contributed by atoms with Crippen molar-refractivity contribution in [1.82, 2.24) is 0 Å². The second kappa shape index (κ2) is 7.63. The molecule has 2 N–H and O–H groups in total. The summed E-state index contributed by atoms with van der Waals surface area (Å²) in [6, 6.07) is 2.44. The maximum Gasteiger partial charge on any atom is 0.417 e. The van der Waals surface area contributed by atoms with Crippen LogP contribution in [0.15, 0.2) is 12.1 Å². The van der Waals surface area contributed by atoms with Gasteiger partial charge >= 0.3 is 6.18 Å². The number of nitrogens with two attached hydrogens (primary N) is 1. The van der Waals surface area contributed by atoms with Crippen molar-refractivity contribution in [3.63, 3.8) is 0 Å².